The average molecular weight is 392 g/mol. The van der Waals surface area contributed by atoms with Gasteiger partial charge >= 0.3 is 0 Å². The van der Waals surface area contributed by atoms with E-state index in [2.05, 4.69) is 10.9 Å². The number of carbonyl (C=O) groups is 2. The average Bonchev–Trinajstić information content (AvgIpc) is 2.71. The summed E-state index contributed by atoms with van der Waals surface area (Å²) in [5.74, 6) is 0.101. The summed E-state index contributed by atoms with van der Waals surface area (Å²) in [6.45, 7) is 5.37. The second kappa shape index (κ2) is 9.10. The van der Waals surface area contributed by atoms with Crippen LogP contribution in [-0.2, 0) is 4.79 Å². The number of hydrazine groups is 1. The zero-order valence-corrected chi connectivity index (χ0v) is 16.6. The number of nitrogens with one attached hydrogen (secondary N) is 2. The van der Waals surface area contributed by atoms with Crippen molar-refractivity contribution in [3.63, 3.8) is 0 Å². The Kier molecular flexibility index (Phi) is 6.34. The molecular formula is C23H24N2O4. The van der Waals surface area contributed by atoms with Gasteiger partial charge < -0.3 is 9.47 Å². The Morgan fingerprint density at radius 3 is 2.24 bits per heavy atom. The van der Waals surface area contributed by atoms with E-state index < -0.39 is 17.9 Å². The van der Waals surface area contributed by atoms with Gasteiger partial charge in [-0.1, -0.05) is 42.5 Å². The van der Waals surface area contributed by atoms with Gasteiger partial charge in [-0.05, 0) is 55.8 Å². The molecule has 0 aliphatic rings. The molecule has 0 aliphatic heterocycles. The zero-order chi connectivity index (χ0) is 20.8. The van der Waals surface area contributed by atoms with E-state index in [1.807, 2.05) is 56.3 Å². The molecule has 0 aliphatic carbocycles. The highest BCUT2D eigenvalue weighted by Gasteiger charge is 2.18. The predicted octanol–water partition coefficient (Wildman–Crippen LogP) is 3.86. The molecule has 3 rings (SSSR count). The third-order valence-electron chi connectivity index (χ3n) is 4.20. The standard InChI is InChI=1S/C23H24N2O4/c1-15(2)28-21-11-7-6-10-20(21)23(27)25-24-22(26)16(3)29-19-13-12-17-8-4-5-9-18(17)14-19/h4-16H,1-3H3,(H,24,26)(H,25,27). The zero-order valence-electron chi connectivity index (χ0n) is 16.6. The highest BCUT2D eigenvalue weighted by atomic mass is 16.5. The lowest BCUT2D eigenvalue weighted by Crippen LogP contribution is -2.47. The van der Waals surface area contributed by atoms with E-state index in [0.717, 1.165) is 10.8 Å². The number of amides is 2. The van der Waals surface area contributed by atoms with Crippen molar-refractivity contribution >= 4 is 22.6 Å². The number of fused-ring (bicyclic) bond motifs is 1. The van der Waals surface area contributed by atoms with Crippen LogP contribution in [0.2, 0.25) is 0 Å². The number of ether oxygens (including phenoxy) is 2. The van der Waals surface area contributed by atoms with Crippen molar-refractivity contribution in [2.75, 3.05) is 0 Å². The molecule has 2 amide bonds. The molecule has 29 heavy (non-hydrogen) atoms. The van der Waals surface area contributed by atoms with Crippen LogP contribution < -0.4 is 20.3 Å². The van der Waals surface area contributed by atoms with Crippen LogP contribution in [0, 0.1) is 0 Å². The molecule has 2 N–H and O–H groups in total. The van der Waals surface area contributed by atoms with E-state index in [1.165, 1.54) is 0 Å². The third kappa shape index (κ3) is 5.25. The largest absolute Gasteiger partial charge is 0.490 e. The maximum Gasteiger partial charge on any atom is 0.279 e. The molecule has 6 nitrogen and oxygen atoms in total. The Bertz CT molecular complexity index is 1020. The molecule has 6 heteroatoms. The molecule has 0 saturated carbocycles. The molecule has 0 fully saturated rings. The van der Waals surface area contributed by atoms with E-state index >= 15 is 0 Å². The first-order chi connectivity index (χ1) is 13.9. The van der Waals surface area contributed by atoms with E-state index in [-0.39, 0.29) is 6.10 Å². The number of rotatable bonds is 6. The van der Waals surface area contributed by atoms with Crippen molar-refractivity contribution in [1.29, 1.82) is 0 Å². The fourth-order valence-electron chi connectivity index (χ4n) is 2.80. The maximum atomic E-state index is 12.4. The fraction of sp³-hybridized carbons (Fsp3) is 0.217. The quantitative estimate of drug-likeness (QED) is 0.625. The van der Waals surface area contributed by atoms with Crippen molar-refractivity contribution < 1.29 is 19.1 Å². The van der Waals surface area contributed by atoms with Gasteiger partial charge in [0.1, 0.15) is 11.5 Å². The van der Waals surface area contributed by atoms with E-state index in [9.17, 15) is 9.59 Å². The number of carbonyl (C=O) groups excluding carboxylic acids is 2. The van der Waals surface area contributed by atoms with E-state index in [1.54, 1.807) is 31.2 Å². The predicted molar refractivity (Wildman–Crippen MR) is 112 cm³/mol. The van der Waals surface area contributed by atoms with Gasteiger partial charge in [0.05, 0.1) is 11.7 Å². The summed E-state index contributed by atoms with van der Waals surface area (Å²) in [7, 11) is 0. The number of hydrogen-bond donors (Lipinski definition) is 2. The number of para-hydroxylation sites is 1. The van der Waals surface area contributed by atoms with Crippen LogP contribution >= 0.6 is 0 Å². The van der Waals surface area contributed by atoms with Gasteiger partial charge in [-0.25, -0.2) is 0 Å². The van der Waals surface area contributed by atoms with Gasteiger partial charge in [-0.15, -0.1) is 0 Å². The minimum Gasteiger partial charge on any atom is -0.490 e. The first-order valence-corrected chi connectivity index (χ1v) is 9.45. The summed E-state index contributed by atoms with van der Waals surface area (Å²) in [5.41, 5.74) is 5.15. The molecule has 0 spiro atoms. The fourth-order valence-corrected chi connectivity index (χ4v) is 2.80. The lowest BCUT2D eigenvalue weighted by Gasteiger charge is -2.17. The number of benzene rings is 3. The van der Waals surface area contributed by atoms with Crippen molar-refractivity contribution in [3.05, 3.63) is 72.3 Å². The van der Waals surface area contributed by atoms with E-state index in [4.69, 9.17) is 9.47 Å². The van der Waals surface area contributed by atoms with E-state index in [0.29, 0.717) is 17.1 Å². The van der Waals surface area contributed by atoms with Crippen LogP contribution in [0.1, 0.15) is 31.1 Å². The molecule has 0 bridgehead atoms. The lowest BCUT2D eigenvalue weighted by molar-refractivity contribution is -0.128. The summed E-state index contributed by atoms with van der Waals surface area (Å²) < 4.78 is 11.3. The Morgan fingerprint density at radius 2 is 1.48 bits per heavy atom. The summed E-state index contributed by atoms with van der Waals surface area (Å²) in [6.07, 6.45) is -0.868. The number of hydrogen-bond acceptors (Lipinski definition) is 4. The Hall–Kier alpha value is -3.54. The first kappa shape index (κ1) is 20.2. The molecule has 0 aromatic heterocycles. The Labute approximate surface area is 169 Å². The molecule has 1 unspecified atom stereocenters. The van der Waals surface area contributed by atoms with Gasteiger partial charge in [0, 0.05) is 0 Å². The smallest absolute Gasteiger partial charge is 0.279 e. The van der Waals surface area contributed by atoms with Gasteiger partial charge in [-0.3, -0.25) is 20.4 Å². The van der Waals surface area contributed by atoms with Crippen molar-refractivity contribution in [2.45, 2.75) is 33.0 Å². The Morgan fingerprint density at radius 1 is 0.793 bits per heavy atom. The lowest BCUT2D eigenvalue weighted by atomic mass is 10.1. The second-order valence-corrected chi connectivity index (χ2v) is 6.88. The summed E-state index contributed by atoms with van der Waals surface area (Å²) in [6, 6.07) is 20.4. The van der Waals surface area contributed by atoms with Crippen molar-refractivity contribution in [3.8, 4) is 11.5 Å². The van der Waals surface area contributed by atoms with Crippen LogP contribution in [0.15, 0.2) is 66.7 Å². The second-order valence-electron chi connectivity index (χ2n) is 6.88. The third-order valence-corrected chi connectivity index (χ3v) is 4.20. The molecule has 0 saturated heterocycles. The topological polar surface area (TPSA) is 76.7 Å². The monoisotopic (exact) mass is 392 g/mol. The first-order valence-electron chi connectivity index (χ1n) is 9.45. The minimum absolute atomic E-state index is 0.0751. The maximum absolute atomic E-state index is 12.4. The molecule has 3 aromatic rings. The highest BCUT2D eigenvalue weighted by molar-refractivity contribution is 5.98. The summed E-state index contributed by atoms with van der Waals surface area (Å²) >= 11 is 0. The SMILES string of the molecule is CC(C)Oc1ccccc1C(=O)NNC(=O)C(C)Oc1ccc2ccccc2c1. The minimum atomic E-state index is -0.793. The van der Waals surface area contributed by atoms with Crippen LogP contribution in [0.3, 0.4) is 0 Å². The molecule has 1 atom stereocenters. The van der Waals surface area contributed by atoms with Crippen molar-refractivity contribution in [1.82, 2.24) is 10.9 Å². The molecule has 0 heterocycles. The molecule has 0 radical (unpaired) electrons. The molecule has 3 aromatic carbocycles. The molecule has 150 valence electrons. The van der Waals surface area contributed by atoms with Gasteiger partial charge in [0.25, 0.3) is 11.8 Å². The van der Waals surface area contributed by atoms with Gasteiger partial charge in [0.15, 0.2) is 6.10 Å². The van der Waals surface area contributed by atoms with Crippen LogP contribution in [0.5, 0.6) is 11.5 Å². The normalized spacial score (nSPS) is 11.7. The summed E-state index contributed by atoms with van der Waals surface area (Å²) in [4.78, 5) is 24.8. The Balaban J connectivity index is 1.59. The highest BCUT2D eigenvalue weighted by Crippen LogP contribution is 2.21. The summed E-state index contributed by atoms with van der Waals surface area (Å²) in [5, 5.41) is 2.11. The van der Waals surface area contributed by atoms with Crippen LogP contribution in [0.25, 0.3) is 10.8 Å². The molecular weight excluding hydrogens is 368 g/mol. The van der Waals surface area contributed by atoms with Crippen LogP contribution in [-0.4, -0.2) is 24.0 Å². The van der Waals surface area contributed by atoms with Gasteiger partial charge in [-0.2, -0.15) is 0 Å². The van der Waals surface area contributed by atoms with Gasteiger partial charge in [0.2, 0.25) is 0 Å². The van der Waals surface area contributed by atoms with Crippen LogP contribution in [0.4, 0.5) is 0 Å². The van der Waals surface area contributed by atoms with Crippen molar-refractivity contribution in [2.24, 2.45) is 0 Å².